The first-order valence-electron chi connectivity index (χ1n) is 15.8. The molecule has 2 heterocycles. The van der Waals surface area contributed by atoms with Gasteiger partial charge in [-0.05, 0) is 55.9 Å². The molecule has 0 aliphatic rings. The van der Waals surface area contributed by atoms with Gasteiger partial charge in [0.05, 0.1) is 0 Å². The van der Waals surface area contributed by atoms with Crippen LogP contribution in [0.4, 0.5) is 0 Å². The van der Waals surface area contributed by atoms with Crippen LogP contribution in [0.3, 0.4) is 0 Å². The predicted octanol–water partition coefficient (Wildman–Crippen LogP) is 11.4. The van der Waals surface area contributed by atoms with Crippen LogP contribution in [-0.4, -0.2) is 15.0 Å². The zero-order valence-electron chi connectivity index (χ0n) is 25.2. The standard InChI is InChI=1S/C43H25N3O/c1-2-13-29(14-3-1)41-44-42(31-19-18-26-10-4-5-15-30(26)24-31)46-43(45-41)35-25-37-40(38-32-16-8-6-11-27(32)20-22-34(35)38)39-33-17-9-7-12-28(33)21-23-36(39)47-37/h1-25H. The van der Waals surface area contributed by atoms with Crippen molar-refractivity contribution < 1.29 is 4.42 Å². The third-order valence-corrected chi connectivity index (χ3v) is 9.27. The summed E-state index contributed by atoms with van der Waals surface area (Å²) < 4.78 is 6.69. The Labute approximate surface area is 269 Å². The second kappa shape index (κ2) is 10.1. The Morgan fingerprint density at radius 3 is 1.72 bits per heavy atom. The molecular formula is C43H25N3O. The molecule has 0 saturated carbocycles. The van der Waals surface area contributed by atoms with E-state index in [9.17, 15) is 0 Å². The molecule has 0 unspecified atom stereocenters. The SMILES string of the molecule is c1ccc(-c2nc(-c3ccc4ccccc4c3)nc(-c3cc4oc5ccc6ccccc6c5c4c4c3ccc3ccccc34)n2)cc1. The maximum absolute atomic E-state index is 6.69. The topological polar surface area (TPSA) is 51.8 Å². The highest BCUT2D eigenvalue weighted by Crippen LogP contribution is 2.44. The summed E-state index contributed by atoms with van der Waals surface area (Å²) in [4.78, 5) is 15.3. The van der Waals surface area contributed by atoms with E-state index in [-0.39, 0.29) is 0 Å². The lowest BCUT2D eigenvalue weighted by Crippen LogP contribution is -2.00. The minimum Gasteiger partial charge on any atom is -0.456 e. The molecule has 0 radical (unpaired) electrons. The molecule has 218 valence electrons. The van der Waals surface area contributed by atoms with Crippen LogP contribution in [0.25, 0.3) is 99.2 Å². The number of aromatic nitrogens is 3. The maximum Gasteiger partial charge on any atom is 0.164 e. The Morgan fingerprint density at radius 2 is 0.936 bits per heavy atom. The van der Waals surface area contributed by atoms with Crippen LogP contribution in [0.1, 0.15) is 0 Å². The van der Waals surface area contributed by atoms with Crippen LogP contribution in [0, 0.1) is 0 Å². The third-order valence-electron chi connectivity index (χ3n) is 9.27. The molecule has 10 aromatic rings. The molecule has 4 nitrogen and oxygen atoms in total. The maximum atomic E-state index is 6.69. The van der Waals surface area contributed by atoms with Crippen molar-refractivity contribution in [3.63, 3.8) is 0 Å². The van der Waals surface area contributed by atoms with Crippen LogP contribution in [0.5, 0.6) is 0 Å². The molecule has 0 saturated heterocycles. The van der Waals surface area contributed by atoms with Crippen LogP contribution in [0.15, 0.2) is 156 Å². The fourth-order valence-electron chi connectivity index (χ4n) is 7.07. The van der Waals surface area contributed by atoms with Gasteiger partial charge in [0.2, 0.25) is 0 Å². The Hall–Kier alpha value is -6.39. The molecule has 8 aromatic carbocycles. The van der Waals surface area contributed by atoms with Gasteiger partial charge in [0.25, 0.3) is 0 Å². The van der Waals surface area contributed by atoms with Gasteiger partial charge in [-0.25, -0.2) is 15.0 Å². The van der Waals surface area contributed by atoms with E-state index in [0.717, 1.165) is 54.8 Å². The van der Waals surface area contributed by atoms with Crippen molar-refractivity contribution in [2.45, 2.75) is 0 Å². The minimum atomic E-state index is 0.606. The van der Waals surface area contributed by atoms with Gasteiger partial charge in [-0.2, -0.15) is 0 Å². The second-order valence-corrected chi connectivity index (χ2v) is 12.0. The van der Waals surface area contributed by atoms with Crippen molar-refractivity contribution in [1.82, 2.24) is 15.0 Å². The molecule has 0 fully saturated rings. The predicted molar refractivity (Wildman–Crippen MR) is 193 cm³/mol. The zero-order chi connectivity index (χ0) is 30.9. The van der Waals surface area contributed by atoms with Gasteiger partial charge in [0, 0.05) is 32.8 Å². The Morgan fingerprint density at radius 1 is 0.340 bits per heavy atom. The normalized spacial score (nSPS) is 11.8. The summed E-state index contributed by atoms with van der Waals surface area (Å²) in [5.74, 6) is 1.86. The van der Waals surface area contributed by atoms with Gasteiger partial charge in [0.1, 0.15) is 11.2 Å². The van der Waals surface area contributed by atoms with Crippen molar-refractivity contribution in [3.8, 4) is 34.2 Å². The van der Waals surface area contributed by atoms with Gasteiger partial charge in [-0.3, -0.25) is 0 Å². The van der Waals surface area contributed by atoms with Gasteiger partial charge >= 0.3 is 0 Å². The Balaban J connectivity index is 1.33. The summed E-state index contributed by atoms with van der Waals surface area (Å²) in [6.45, 7) is 0. The van der Waals surface area contributed by atoms with Crippen molar-refractivity contribution in [2.24, 2.45) is 0 Å². The number of hydrogen-bond donors (Lipinski definition) is 0. The Kier molecular flexibility index (Phi) is 5.54. The van der Waals surface area contributed by atoms with E-state index in [1.165, 1.54) is 26.9 Å². The van der Waals surface area contributed by atoms with Crippen LogP contribution in [-0.2, 0) is 0 Å². The molecule has 4 heteroatoms. The highest BCUT2D eigenvalue weighted by atomic mass is 16.3. The molecular weight excluding hydrogens is 574 g/mol. The smallest absolute Gasteiger partial charge is 0.164 e. The lowest BCUT2D eigenvalue weighted by Gasteiger charge is -2.13. The van der Waals surface area contributed by atoms with Gasteiger partial charge < -0.3 is 4.42 Å². The summed E-state index contributed by atoms with van der Waals surface area (Å²) in [7, 11) is 0. The Bertz CT molecular complexity index is 2850. The average Bonchev–Trinajstić information content (AvgIpc) is 3.53. The number of benzene rings is 8. The van der Waals surface area contributed by atoms with Gasteiger partial charge in [-0.15, -0.1) is 0 Å². The van der Waals surface area contributed by atoms with Crippen molar-refractivity contribution >= 4 is 65.0 Å². The molecule has 10 rings (SSSR count). The van der Waals surface area contributed by atoms with Crippen LogP contribution >= 0.6 is 0 Å². The van der Waals surface area contributed by atoms with E-state index < -0.39 is 0 Å². The number of rotatable bonds is 3. The fraction of sp³-hybridized carbons (Fsp3) is 0. The summed E-state index contributed by atoms with van der Waals surface area (Å²) in [5.41, 5.74) is 4.45. The van der Waals surface area contributed by atoms with Crippen LogP contribution < -0.4 is 0 Å². The lowest BCUT2D eigenvalue weighted by atomic mass is 9.92. The number of hydrogen-bond acceptors (Lipinski definition) is 4. The van der Waals surface area contributed by atoms with Crippen LogP contribution in [0.2, 0.25) is 0 Å². The molecule has 0 atom stereocenters. The van der Waals surface area contributed by atoms with E-state index in [2.05, 4.69) is 121 Å². The minimum absolute atomic E-state index is 0.606. The molecule has 0 bridgehead atoms. The van der Waals surface area contributed by atoms with Crippen molar-refractivity contribution in [2.75, 3.05) is 0 Å². The van der Waals surface area contributed by atoms with Crippen molar-refractivity contribution in [1.29, 1.82) is 0 Å². The first kappa shape index (κ1) is 25.9. The molecule has 0 spiro atoms. The van der Waals surface area contributed by atoms with Crippen molar-refractivity contribution in [3.05, 3.63) is 152 Å². The fourth-order valence-corrected chi connectivity index (χ4v) is 7.07. The van der Waals surface area contributed by atoms with E-state index >= 15 is 0 Å². The highest BCUT2D eigenvalue weighted by molar-refractivity contribution is 6.33. The van der Waals surface area contributed by atoms with Gasteiger partial charge in [-0.1, -0.05) is 133 Å². The molecule has 47 heavy (non-hydrogen) atoms. The monoisotopic (exact) mass is 599 g/mol. The van der Waals surface area contributed by atoms with E-state index in [0.29, 0.717) is 17.5 Å². The number of fused-ring (bicyclic) bond motifs is 10. The first-order chi connectivity index (χ1) is 23.3. The molecule has 0 N–H and O–H groups in total. The summed E-state index contributed by atoms with van der Waals surface area (Å²) >= 11 is 0. The highest BCUT2D eigenvalue weighted by Gasteiger charge is 2.21. The van der Waals surface area contributed by atoms with E-state index in [1.807, 2.05) is 30.3 Å². The summed E-state index contributed by atoms with van der Waals surface area (Å²) in [6, 6.07) is 52.7. The zero-order valence-corrected chi connectivity index (χ0v) is 25.2. The molecule has 0 amide bonds. The van der Waals surface area contributed by atoms with E-state index in [1.54, 1.807) is 0 Å². The summed E-state index contributed by atoms with van der Waals surface area (Å²) in [5, 5.41) is 11.5. The molecule has 0 aliphatic carbocycles. The lowest BCUT2D eigenvalue weighted by molar-refractivity contribution is 0.669. The van der Waals surface area contributed by atoms with Gasteiger partial charge in [0.15, 0.2) is 17.5 Å². The molecule has 2 aromatic heterocycles. The van der Waals surface area contributed by atoms with E-state index in [4.69, 9.17) is 19.4 Å². The third kappa shape index (κ3) is 4.05. The summed E-state index contributed by atoms with van der Waals surface area (Å²) in [6.07, 6.45) is 0. The number of nitrogens with zero attached hydrogens (tertiary/aromatic N) is 3. The largest absolute Gasteiger partial charge is 0.456 e. The second-order valence-electron chi connectivity index (χ2n) is 12.0. The first-order valence-corrected chi connectivity index (χ1v) is 15.8. The number of furan rings is 1. The quantitative estimate of drug-likeness (QED) is 0.190. The molecule has 0 aliphatic heterocycles. The average molecular weight is 600 g/mol.